The smallest absolute Gasteiger partial charge is 0.401 e. The van der Waals surface area contributed by atoms with Gasteiger partial charge in [0, 0.05) is 37.8 Å². The first-order chi connectivity index (χ1) is 12.0. The Kier molecular flexibility index (Phi) is 10.8. The van der Waals surface area contributed by atoms with Crippen LogP contribution < -0.4 is 10.6 Å². The van der Waals surface area contributed by atoms with Crippen LogP contribution in [-0.4, -0.2) is 67.8 Å². The van der Waals surface area contributed by atoms with Crippen molar-refractivity contribution in [1.29, 1.82) is 0 Å². The molecule has 1 aromatic rings. The van der Waals surface area contributed by atoms with E-state index >= 15 is 0 Å². The van der Waals surface area contributed by atoms with Crippen LogP contribution in [0.1, 0.15) is 12.2 Å². The number of hydrogen-bond acceptors (Lipinski definition) is 4. The summed E-state index contributed by atoms with van der Waals surface area (Å²) in [5.41, 5.74) is 0. The van der Waals surface area contributed by atoms with E-state index in [2.05, 4.69) is 15.6 Å². The highest BCUT2D eigenvalue weighted by molar-refractivity contribution is 14.0. The van der Waals surface area contributed by atoms with Gasteiger partial charge in [-0.3, -0.25) is 9.89 Å². The molecular formula is C16H26F3IN4OS. The number of nitrogens with one attached hydrogen (secondary N) is 2. The van der Waals surface area contributed by atoms with Crippen LogP contribution in [0, 0.1) is 0 Å². The zero-order valence-electron chi connectivity index (χ0n) is 14.7. The summed E-state index contributed by atoms with van der Waals surface area (Å²) in [6.07, 6.45) is 0.901. The largest absolute Gasteiger partial charge is 0.469 e. The Morgan fingerprint density at radius 2 is 2.27 bits per heavy atom. The van der Waals surface area contributed by atoms with Gasteiger partial charge < -0.3 is 15.1 Å². The SMILES string of the molecule is CSCCN=C(NCCc1ccco1)NC1CCN(CC(F)(F)F)C1.I. The molecule has 0 amide bonds. The van der Waals surface area contributed by atoms with E-state index in [9.17, 15) is 13.2 Å². The van der Waals surface area contributed by atoms with E-state index in [1.807, 2.05) is 18.4 Å². The molecule has 0 aliphatic carbocycles. The molecule has 0 aromatic carbocycles. The van der Waals surface area contributed by atoms with E-state index in [4.69, 9.17) is 4.42 Å². The second kappa shape index (κ2) is 12.0. The van der Waals surface area contributed by atoms with E-state index in [1.54, 1.807) is 18.0 Å². The predicted octanol–water partition coefficient (Wildman–Crippen LogP) is 2.97. The summed E-state index contributed by atoms with van der Waals surface area (Å²) in [6.45, 7) is 1.28. The van der Waals surface area contributed by atoms with E-state index in [1.165, 1.54) is 4.90 Å². The molecule has 5 nitrogen and oxygen atoms in total. The zero-order valence-corrected chi connectivity index (χ0v) is 17.9. The van der Waals surface area contributed by atoms with Crippen molar-refractivity contribution in [3.05, 3.63) is 24.2 Å². The van der Waals surface area contributed by atoms with Crippen molar-refractivity contribution in [1.82, 2.24) is 15.5 Å². The minimum Gasteiger partial charge on any atom is -0.469 e. The lowest BCUT2D eigenvalue weighted by Crippen LogP contribution is -2.45. The first-order valence-electron chi connectivity index (χ1n) is 8.31. The minimum absolute atomic E-state index is 0. The van der Waals surface area contributed by atoms with Gasteiger partial charge in [-0.25, -0.2) is 0 Å². The van der Waals surface area contributed by atoms with E-state index in [-0.39, 0.29) is 30.0 Å². The van der Waals surface area contributed by atoms with Crippen molar-refractivity contribution >= 4 is 41.7 Å². The molecule has 26 heavy (non-hydrogen) atoms. The third kappa shape index (κ3) is 9.36. The van der Waals surface area contributed by atoms with Crippen molar-refractivity contribution in [2.45, 2.75) is 25.1 Å². The van der Waals surface area contributed by atoms with E-state index in [0.717, 1.165) is 17.9 Å². The Morgan fingerprint density at radius 1 is 1.46 bits per heavy atom. The van der Waals surface area contributed by atoms with Crippen LogP contribution in [0.5, 0.6) is 0 Å². The maximum Gasteiger partial charge on any atom is 0.401 e. The minimum atomic E-state index is -4.15. The normalized spacial score (nSPS) is 18.6. The van der Waals surface area contributed by atoms with Crippen molar-refractivity contribution < 1.29 is 17.6 Å². The maximum atomic E-state index is 12.5. The van der Waals surface area contributed by atoms with Crippen LogP contribution in [0.2, 0.25) is 0 Å². The topological polar surface area (TPSA) is 52.8 Å². The summed E-state index contributed by atoms with van der Waals surface area (Å²) in [4.78, 5) is 5.93. The molecule has 1 fully saturated rings. The first-order valence-corrected chi connectivity index (χ1v) is 9.71. The molecule has 150 valence electrons. The number of nitrogens with zero attached hydrogens (tertiary/aromatic N) is 2. The Morgan fingerprint density at radius 3 is 2.92 bits per heavy atom. The van der Waals surface area contributed by atoms with Crippen molar-refractivity contribution in [3.8, 4) is 0 Å². The Balaban J connectivity index is 0.00000338. The van der Waals surface area contributed by atoms with Gasteiger partial charge in [0.15, 0.2) is 5.96 Å². The third-order valence-corrected chi connectivity index (χ3v) is 4.42. The number of rotatable bonds is 8. The fourth-order valence-electron chi connectivity index (χ4n) is 2.70. The standard InChI is InChI=1S/C16H25F3N4OS.HI/c1-25-10-7-21-15(20-6-4-14-3-2-9-24-14)22-13-5-8-23(11-13)12-16(17,18)19;/h2-3,9,13H,4-8,10-12H2,1H3,(H2,20,21,22);1H. The van der Waals surface area contributed by atoms with Crippen LogP contribution in [0.4, 0.5) is 13.2 Å². The van der Waals surface area contributed by atoms with Crippen LogP contribution >= 0.6 is 35.7 Å². The third-order valence-electron chi connectivity index (χ3n) is 3.83. The van der Waals surface area contributed by atoms with Gasteiger partial charge in [-0.2, -0.15) is 24.9 Å². The van der Waals surface area contributed by atoms with Gasteiger partial charge in [-0.15, -0.1) is 24.0 Å². The van der Waals surface area contributed by atoms with Crippen LogP contribution in [-0.2, 0) is 6.42 Å². The summed E-state index contributed by atoms with van der Waals surface area (Å²) in [5.74, 6) is 2.43. The van der Waals surface area contributed by atoms with Gasteiger partial charge in [0.05, 0.1) is 19.4 Å². The molecule has 0 spiro atoms. The summed E-state index contributed by atoms with van der Waals surface area (Å²) in [5, 5.41) is 6.50. The number of alkyl halides is 3. The molecule has 0 bridgehead atoms. The maximum absolute atomic E-state index is 12.5. The Labute approximate surface area is 173 Å². The number of thioether (sulfide) groups is 1. The van der Waals surface area contributed by atoms with Crippen LogP contribution in [0.15, 0.2) is 27.8 Å². The molecule has 1 saturated heterocycles. The number of guanidine groups is 1. The fraction of sp³-hybridized carbons (Fsp3) is 0.688. The molecule has 1 aliphatic heterocycles. The van der Waals surface area contributed by atoms with Gasteiger partial charge >= 0.3 is 6.18 Å². The van der Waals surface area contributed by atoms with Crippen LogP contribution in [0.3, 0.4) is 0 Å². The molecular weight excluding hydrogens is 480 g/mol. The highest BCUT2D eigenvalue weighted by Crippen LogP contribution is 2.19. The number of halogens is 4. The molecule has 2 rings (SSSR count). The Hall–Kier alpha value is -0.620. The number of hydrogen-bond donors (Lipinski definition) is 2. The van der Waals surface area contributed by atoms with Gasteiger partial charge in [-0.05, 0) is 24.8 Å². The molecule has 1 unspecified atom stereocenters. The van der Waals surface area contributed by atoms with E-state index in [0.29, 0.717) is 38.6 Å². The number of aliphatic imine (C=N–C) groups is 1. The van der Waals surface area contributed by atoms with Gasteiger partial charge in [-0.1, -0.05) is 0 Å². The second-order valence-corrected chi connectivity index (χ2v) is 6.95. The average Bonchev–Trinajstić information content (AvgIpc) is 3.18. The molecule has 1 aliphatic rings. The van der Waals surface area contributed by atoms with Gasteiger partial charge in [0.1, 0.15) is 5.76 Å². The van der Waals surface area contributed by atoms with Crippen molar-refractivity contribution in [2.75, 3.05) is 44.7 Å². The number of likely N-dealkylation sites (tertiary alicyclic amines) is 1. The summed E-state index contributed by atoms with van der Waals surface area (Å²) >= 11 is 1.70. The quantitative estimate of drug-likeness (QED) is 0.246. The highest BCUT2D eigenvalue weighted by Gasteiger charge is 2.34. The molecule has 0 saturated carbocycles. The zero-order chi connectivity index (χ0) is 18.1. The first kappa shape index (κ1) is 23.4. The molecule has 0 radical (unpaired) electrons. The fourth-order valence-corrected chi connectivity index (χ4v) is 2.98. The average molecular weight is 506 g/mol. The predicted molar refractivity (Wildman–Crippen MR) is 111 cm³/mol. The van der Waals surface area contributed by atoms with Crippen LogP contribution in [0.25, 0.3) is 0 Å². The molecule has 2 N–H and O–H groups in total. The van der Waals surface area contributed by atoms with Crippen molar-refractivity contribution in [2.24, 2.45) is 4.99 Å². The number of furan rings is 1. The van der Waals surface area contributed by atoms with Gasteiger partial charge in [0.25, 0.3) is 0 Å². The van der Waals surface area contributed by atoms with E-state index < -0.39 is 12.7 Å². The highest BCUT2D eigenvalue weighted by atomic mass is 127. The lowest BCUT2D eigenvalue weighted by Gasteiger charge is -2.20. The monoisotopic (exact) mass is 506 g/mol. The molecule has 1 aromatic heterocycles. The summed E-state index contributed by atoms with van der Waals surface area (Å²) in [6, 6.07) is 3.73. The molecule has 1 atom stereocenters. The van der Waals surface area contributed by atoms with Crippen molar-refractivity contribution in [3.63, 3.8) is 0 Å². The van der Waals surface area contributed by atoms with Gasteiger partial charge in [0.2, 0.25) is 0 Å². The lowest BCUT2D eigenvalue weighted by molar-refractivity contribution is -0.143. The second-order valence-electron chi connectivity index (χ2n) is 5.96. The summed E-state index contributed by atoms with van der Waals surface area (Å²) in [7, 11) is 0. The summed E-state index contributed by atoms with van der Waals surface area (Å²) < 4.78 is 42.8. The molecule has 2 heterocycles. The Bertz CT molecular complexity index is 528. The lowest BCUT2D eigenvalue weighted by atomic mass is 10.3. The molecule has 10 heteroatoms.